The number of likely N-dealkylation sites (tertiary alicyclic amines) is 2. The van der Waals surface area contributed by atoms with Gasteiger partial charge in [0.25, 0.3) is 5.97 Å². The molecule has 5 rings (SSSR count). The fourth-order valence-corrected chi connectivity index (χ4v) is 5.64. The number of hydrogen-bond acceptors (Lipinski definition) is 7. The number of aliphatic carboxylic acids is 1. The number of amides is 2. The van der Waals surface area contributed by atoms with Crippen molar-refractivity contribution in [1.82, 2.24) is 9.80 Å². The highest BCUT2D eigenvalue weighted by Gasteiger charge is 2.30. The Labute approximate surface area is 246 Å². The number of ketones is 2. The van der Waals surface area contributed by atoms with Crippen molar-refractivity contribution in [2.75, 3.05) is 49.9 Å². The van der Waals surface area contributed by atoms with E-state index in [1.54, 1.807) is 36.4 Å². The molecular formula is C32H40N4O6. The van der Waals surface area contributed by atoms with Crippen molar-refractivity contribution in [2.45, 2.75) is 58.3 Å². The lowest BCUT2D eigenvalue weighted by atomic mass is 9.83. The summed E-state index contributed by atoms with van der Waals surface area (Å²) in [4.78, 5) is 65.2. The third-order valence-electron chi connectivity index (χ3n) is 7.79. The first-order valence-electron chi connectivity index (χ1n) is 14.8. The van der Waals surface area contributed by atoms with Crippen LogP contribution in [0.5, 0.6) is 0 Å². The predicted molar refractivity (Wildman–Crippen MR) is 160 cm³/mol. The number of carbonyl (C=O) groups excluding carboxylic acids is 4. The molecule has 0 radical (unpaired) electrons. The number of rotatable bonds is 8. The van der Waals surface area contributed by atoms with Crippen LogP contribution in [0.3, 0.4) is 0 Å². The zero-order valence-corrected chi connectivity index (χ0v) is 24.2. The van der Waals surface area contributed by atoms with Crippen molar-refractivity contribution >= 4 is 40.7 Å². The van der Waals surface area contributed by atoms with Crippen molar-refractivity contribution in [3.63, 3.8) is 0 Å². The maximum absolute atomic E-state index is 13.3. The van der Waals surface area contributed by atoms with Gasteiger partial charge in [-0.15, -0.1) is 0 Å². The largest absolute Gasteiger partial charge is 0.481 e. The van der Waals surface area contributed by atoms with E-state index in [1.807, 2.05) is 0 Å². The molecule has 2 aliphatic heterocycles. The monoisotopic (exact) mass is 576 g/mol. The van der Waals surface area contributed by atoms with E-state index in [2.05, 4.69) is 20.4 Å². The van der Waals surface area contributed by atoms with Gasteiger partial charge in [-0.25, -0.2) is 0 Å². The number of nitrogens with one attached hydrogen (secondary N) is 2. The normalized spacial score (nSPS) is 16.9. The van der Waals surface area contributed by atoms with E-state index in [1.165, 1.54) is 38.5 Å². The molecule has 2 fully saturated rings. The molecule has 42 heavy (non-hydrogen) atoms. The number of piperidine rings is 2. The van der Waals surface area contributed by atoms with Crippen LogP contribution in [0.25, 0.3) is 0 Å². The Kier molecular flexibility index (Phi) is 11.0. The first-order chi connectivity index (χ1) is 20.2. The summed E-state index contributed by atoms with van der Waals surface area (Å²) in [5.41, 5.74) is 2.21. The molecule has 0 unspecified atom stereocenters. The standard InChI is InChI=1S/C30H36N4O4.C2H4O2/c35-27(11-17-33-13-3-1-4-14-33)31-21-7-9-23-25(19-21)29(37)24-10-8-22(20-26(24)30(23)38)32-28(36)12-18-34-15-5-2-6-16-34;1-2(3)4/h7-10,19-20H,1-6,11-18H2,(H,31,35)(H,32,36);1H3,(H,3,4). The van der Waals surface area contributed by atoms with Gasteiger partial charge in [0.15, 0.2) is 11.6 Å². The first-order valence-corrected chi connectivity index (χ1v) is 14.8. The number of carboxylic acid groups (broad SMARTS) is 1. The molecule has 2 heterocycles. The highest BCUT2D eigenvalue weighted by molar-refractivity contribution is 6.29. The second kappa shape index (κ2) is 14.8. The molecule has 3 N–H and O–H groups in total. The lowest BCUT2D eigenvalue weighted by Gasteiger charge is -2.26. The Morgan fingerprint density at radius 1 is 0.643 bits per heavy atom. The molecule has 2 saturated heterocycles. The van der Waals surface area contributed by atoms with Crippen molar-refractivity contribution in [3.8, 4) is 0 Å². The topological polar surface area (TPSA) is 136 Å². The number of fused-ring (bicyclic) bond motifs is 2. The second-order valence-electron chi connectivity index (χ2n) is 11.1. The average molecular weight is 577 g/mol. The summed E-state index contributed by atoms with van der Waals surface area (Å²) < 4.78 is 0. The number of nitrogens with zero attached hydrogens (tertiary/aromatic N) is 2. The van der Waals surface area contributed by atoms with E-state index >= 15 is 0 Å². The quantitative estimate of drug-likeness (QED) is 0.363. The average Bonchev–Trinajstić information content (AvgIpc) is 2.98. The molecule has 2 amide bonds. The fourth-order valence-electron chi connectivity index (χ4n) is 5.64. The summed E-state index contributed by atoms with van der Waals surface area (Å²) in [6.07, 6.45) is 7.99. The first kappa shape index (κ1) is 31.1. The van der Waals surface area contributed by atoms with E-state index in [0.29, 0.717) is 35.3 Å². The number of benzene rings is 2. The van der Waals surface area contributed by atoms with Crippen LogP contribution in [-0.4, -0.2) is 83.5 Å². The molecule has 2 aromatic carbocycles. The molecule has 0 aromatic heterocycles. The molecular weight excluding hydrogens is 536 g/mol. The number of carbonyl (C=O) groups is 5. The molecule has 1 aliphatic carbocycles. The van der Waals surface area contributed by atoms with Crippen LogP contribution in [-0.2, 0) is 14.4 Å². The van der Waals surface area contributed by atoms with Crippen molar-refractivity contribution < 1.29 is 29.1 Å². The van der Waals surface area contributed by atoms with E-state index in [4.69, 9.17) is 9.90 Å². The van der Waals surface area contributed by atoms with Gasteiger partial charge in [-0.05, 0) is 88.3 Å². The van der Waals surface area contributed by atoms with Gasteiger partial charge in [-0.1, -0.05) is 12.8 Å². The fraction of sp³-hybridized carbons (Fsp3) is 0.469. The Hall–Kier alpha value is -3.89. The summed E-state index contributed by atoms with van der Waals surface area (Å²) in [5.74, 6) is -1.57. The van der Waals surface area contributed by atoms with E-state index in [0.717, 1.165) is 46.2 Å². The van der Waals surface area contributed by atoms with E-state index in [9.17, 15) is 19.2 Å². The zero-order valence-electron chi connectivity index (χ0n) is 24.2. The zero-order chi connectivity index (χ0) is 30.1. The van der Waals surface area contributed by atoms with E-state index in [-0.39, 0.29) is 34.5 Å². The van der Waals surface area contributed by atoms with Crippen LogP contribution in [0.4, 0.5) is 11.4 Å². The molecule has 0 bridgehead atoms. The van der Waals surface area contributed by atoms with Gasteiger partial charge < -0.3 is 25.5 Å². The molecule has 2 aromatic rings. The SMILES string of the molecule is CC(=O)O.O=C(CCN1CCCCC1)Nc1ccc2c(c1)C(=O)c1ccc(NC(=O)CCN3CCCCC3)cc1C2=O. The number of hydrogen-bond donors (Lipinski definition) is 3. The molecule has 10 nitrogen and oxygen atoms in total. The highest BCUT2D eigenvalue weighted by Crippen LogP contribution is 2.31. The lowest BCUT2D eigenvalue weighted by Crippen LogP contribution is -2.32. The van der Waals surface area contributed by atoms with Crippen LogP contribution in [0.15, 0.2) is 36.4 Å². The van der Waals surface area contributed by atoms with E-state index < -0.39 is 5.97 Å². The van der Waals surface area contributed by atoms with Crippen molar-refractivity contribution in [3.05, 3.63) is 58.7 Å². The van der Waals surface area contributed by atoms with Gasteiger partial charge in [0.1, 0.15) is 0 Å². The van der Waals surface area contributed by atoms with Crippen LogP contribution in [0, 0.1) is 0 Å². The third kappa shape index (κ3) is 8.56. The summed E-state index contributed by atoms with van der Waals surface area (Å²) in [7, 11) is 0. The molecule has 3 aliphatic rings. The summed E-state index contributed by atoms with van der Waals surface area (Å²) in [6.45, 7) is 6.66. The molecule has 0 spiro atoms. The second-order valence-corrected chi connectivity index (χ2v) is 11.1. The minimum Gasteiger partial charge on any atom is -0.481 e. The Bertz CT molecular complexity index is 1230. The van der Waals surface area contributed by atoms with Gasteiger partial charge >= 0.3 is 0 Å². The summed E-state index contributed by atoms with van der Waals surface area (Å²) in [6, 6.07) is 9.71. The highest BCUT2D eigenvalue weighted by atomic mass is 16.4. The maximum atomic E-state index is 13.3. The van der Waals surface area contributed by atoms with Crippen molar-refractivity contribution in [2.24, 2.45) is 0 Å². The number of anilines is 2. The van der Waals surface area contributed by atoms with Gasteiger partial charge in [0.05, 0.1) is 0 Å². The van der Waals surface area contributed by atoms with Gasteiger partial charge in [0, 0.05) is 66.5 Å². The molecule has 0 atom stereocenters. The smallest absolute Gasteiger partial charge is 0.300 e. The van der Waals surface area contributed by atoms with Crippen LogP contribution >= 0.6 is 0 Å². The van der Waals surface area contributed by atoms with Crippen LogP contribution in [0.1, 0.15) is 90.1 Å². The Balaban J connectivity index is 0.000000952. The van der Waals surface area contributed by atoms with Gasteiger partial charge in [-0.2, -0.15) is 0 Å². The Morgan fingerprint density at radius 3 is 1.36 bits per heavy atom. The molecule has 224 valence electrons. The third-order valence-corrected chi connectivity index (χ3v) is 7.79. The van der Waals surface area contributed by atoms with Crippen molar-refractivity contribution in [1.29, 1.82) is 0 Å². The van der Waals surface area contributed by atoms with Gasteiger partial charge in [0.2, 0.25) is 11.8 Å². The predicted octanol–water partition coefficient (Wildman–Crippen LogP) is 4.18. The maximum Gasteiger partial charge on any atom is 0.300 e. The molecule has 0 saturated carbocycles. The van der Waals surface area contributed by atoms with Gasteiger partial charge in [-0.3, -0.25) is 24.0 Å². The Morgan fingerprint density at radius 2 is 1.00 bits per heavy atom. The minimum atomic E-state index is -0.833. The minimum absolute atomic E-state index is 0.105. The number of carboxylic acids is 1. The molecule has 10 heteroatoms. The summed E-state index contributed by atoms with van der Waals surface area (Å²) in [5, 5.41) is 13.2. The van der Waals surface area contributed by atoms with Crippen LogP contribution < -0.4 is 10.6 Å². The lowest BCUT2D eigenvalue weighted by molar-refractivity contribution is -0.134. The summed E-state index contributed by atoms with van der Waals surface area (Å²) >= 11 is 0. The van der Waals surface area contributed by atoms with Crippen LogP contribution in [0.2, 0.25) is 0 Å².